The summed E-state index contributed by atoms with van der Waals surface area (Å²) in [6.07, 6.45) is 0.556. The predicted molar refractivity (Wildman–Crippen MR) is 156 cm³/mol. The van der Waals surface area contributed by atoms with Gasteiger partial charge in [0.05, 0.1) is 16.6 Å². The summed E-state index contributed by atoms with van der Waals surface area (Å²) >= 11 is 6.08. The number of hydrogen-bond acceptors (Lipinski definition) is 5. The number of rotatable bonds is 11. The van der Waals surface area contributed by atoms with Crippen LogP contribution < -0.4 is 5.32 Å². The van der Waals surface area contributed by atoms with Crippen LogP contribution in [0.1, 0.15) is 55.7 Å². The Balaban J connectivity index is 1.16. The van der Waals surface area contributed by atoms with E-state index in [1.807, 2.05) is 12.1 Å². The lowest BCUT2D eigenvalue weighted by atomic mass is 9.75. The van der Waals surface area contributed by atoms with E-state index >= 15 is 0 Å². The van der Waals surface area contributed by atoms with Gasteiger partial charge in [-0.2, -0.15) is 17.5 Å². The first-order chi connectivity index (χ1) is 19.8. The van der Waals surface area contributed by atoms with E-state index in [1.165, 1.54) is 5.56 Å². The Hall–Kier alpha value is -2.18. The van der Waals surface area contributed by atoms with Gasteiger partial charge in [-0.05, 0) is 87.5 Å². The third kappa shape index (κ3) is 8.47. The Morgan fingerprint density at radius 1 is 1.10 bits per heavy atom. The molecule has 2 atom stereocenters. The highest BCUT2D eigenvalue weighted by Crippen LogP contribution is 2.40. The smallest absolute Gasteiger partial charge is 0.367 e. The van der Waals surface area contributed by atoms with Gasteiger partial charge in [-0.15, -0.1) is 0 Å². The molecule has 2 fully saturated rings. The Morgan fingerprint density at radius 3 is 2.43 bits per heavy atom. The van der Waals surface area contributed by atoms with Crippen molar-refractivity contribution in [2.24, 2.45) is 11.8 Å². The summed E-state index contributed by atoms with van der Waals surface area (Å²) in [5, 5.41) is 3.64. The van der Waals surface area contributed by atoms with Crippen molar-refractivity contribution in [3.63, 3.8) is 0 Å². The number of sulfonamides is 1. The van der Waals surface area contributed by atoms with Gasteiger partial charge in [0, 0.05) is 30.7 Å². The van der Waals surface area contributed by atoms with Crippen LogP contribution in [0, 0.1) is 11.8 Å². The van der Waals surface area contributed by atoms with Crippen LogP contribution >= 0.6 is 11.6 Å². The zero-order valence-corrected chi connectivity index (χ0v) is 25.5. The maximum atomic E-state index is 13.0. The van der Waals surface area contributed by atoms with Crippen LogP contribution in [-0.2, 0) is 25.7 Å². The number of halogens is 4. The van der Waals surface area contributed by atoms with Crippen LogP contribution in [-0.4, -0.2) is 70.0 Å². The van der Waals surface area contributed by atoms with E-state index in [4.69, 9.17) is 16.3 Å². The molecule has 2 aromatic rings. The van der Waals surface area contributed by atoms with Crippen molar-refractivity contribution in [1.29, 1.82) is 0 Å². The van der Waals surface area contributed by atoms with Gasteiger partial charge in [-0.3, -0.25) is 4.79 Å². The van der Waals surface area contributed by atoms with Gasteiger partial charge in [0.1, 0.15) is 6.61 Å². The maximum Gasteiger partial charge on any atom is 0.416 e. The minimum absolute atomic E-state index is 0.0148. The molecule has 1 aliphatic carbocycles. The summed E-state index contributed by atoms with van der Waals surface area (Å²) < 4.78 is 71.6. The first-order valence-corrected chi connectivity index (χ1v) is 16.1. The fourth-order valence-corrected chi connectivity index (χ4v) is 7.80. The number of carbonyl (C=O) groups excluding carboxylic acids is 1. The molecule has 0 bridgehead atoms. The van der Waals surface area contributed by atoms with Gasteiger partial charge in [-0.25, -0.2) is 8.42 Å². The quantitative estimate of drug-likeness (QED) is 0.342. The molecule has 2 aliphatic rings. The van der Waals surface area contributed by atoms with Gasteiger partial charge in [-0.1, -0.05) is 42.6 Å². The Labute approximate surface area is 251 Å². The van der Waals surface area contributed by atoms with Gasteiger partial charge in [0.25, 0.3) is 0 Å². The average molecular weight is 630 g/mol. The summed E-state index contributed by atoms with van der Waals surface area (Å²) in [6.45, 7) is 0.451. The SMILES string of the molecule is CN(C)C(c1ccc(Cl)cc1)C1CCC(CCNC(=O)COC2CCN(S(=O)(=O)c3cccc(C(F)(F)F)c3)C2)CC1. The first kappa shape index (κ1) is 32.7. The van der Waals surface area contributed by atoms with Gasteiger partial charge >= 0.3 is 6.18 Å². The van der Waals surface area contributed by atoms with E-state index in [1.54, 1.807) is 0 Å². The Morgan fingerprint density at radius 2 is 1.79 bits per heavy atom. The average Bonchev–Trinajstić information content (AvgIpc) is 3.44. The molecule has 232 valence electrons. The zero-order chi connectivity index (χ0) is 30.5. The van der Waals surface area contributed by atoms with Crippen molar-refractivity contribution in [3.8, 4) is 0 Å². The molecule has 2 aromatic carbocycles. The number of nitrogens with one attached hydrogen (secondary N) is 1. The minimum atomic E-state index is -4.64. The highest BCUT2D eigenvalue weighted by Gasteiger charge is 2.36. The molecular formula is C30H39ClF3N3O4S. The molecule has 0 spiro atoms. The van der Waals surface area contributed by atoms with E-state index in [0.29, 0.717) is 36.9 Å². The second-order valence-electron chi connectivity index (χ2n) is 11.5. The number of alkyl halides is 3. The number of hydrogen-bond donors (Lipinski definition) is 1. The monoisotopic (exact) mass is 629 g/mol. The lowest BCUT2D eigenvalue weighted by Crippen LogP contribution is -2.34. The van der Waals surface area contributed by atoms with Crippen molar-refractivity contribution in [2.75, 3.05) is 40.3 Å². The van der Waals surface area contributed by atoms with Crippen LogP contribution in [0.15, 0.2) is 53.4 Å². The third-order valence-electron chi connectivity index (χ3n) is 8.34. The van der Waals surface area contributed by atoms with E-state index in [9.17, 15) is 26.4 Å². The highest BCUT2D eigenvalue weighted by molar-refractivity contribution is 7.89. The second-order valence-corrected chi connectivity index (χ2v) is 13.9. The molecule has 42 heavy (non-hydrogen) atoms. The normalized spacial score (nSPS) is 22.8. The number of nitrogens with zero attached hydrogens (tertiary/aromatic N) is 2. The molecule has 7 nitrogen and oxygen atoms in total. The van der Waals surface area contributed by atoms with Crippen molar-refractivity contribution in [2.45, 2.75) is 61.7 Å². The van der Waals surface area contributed by atoms with Crippen LogP contribution in [0.25, 0.3) is 0 Å². The lowest BCUT2D eigenvalue weighted by Gasteiger charge is -2.37. The maximum absolute atomic E-state index is 13.0. The van der Waals surface area contributed by atoms with E-state index in [-0.39, 0.29) is 25.6 Å². The molecule has 1 saturated heterocycles. The van der Waals surface area contributed by atoms with Crippen molar-refractivity contribution >= 4 is 27.5 Å². The van der Waals surface area contributed by atoms with Crippen molar-refractivity contribution < 1.29 is 31.1 Å². The molecule has 2 unspecified atom stereocenters. The predicted octanol–water partition coefficient (Wildman–Crippen LogP) is 5.75. The molecule has 1 N–H and O–H groups in total. The Kier molecular flexibility index (Phi) is 11.0. The van der Waals surface area contributed by atoms with Gasteiger partial charge in [0.15, 0.2) is 0 Å². The molecule has 1 heterocycles. The minimum Gasteiger partial charge on any atom is -0.367 e. The van der Waals surface area contributed by atoms with Crippen LogP contribution in [0.5, 0.6) is 0 Å². The molecule has 1 saturated carbocycles. The molecular weight excluding hydrogens is 591 g/mol. The lowest BCUT2D eigenvalue weighted by molar-refractivity contribution is -0.137. The zero-order valence-electron chi connectivity index (χ0n) is 23.9. The van der Waals surface area contributed by atoms with Crippen molar-refractivity contribution in [1.82, 2.24) is 14.5 Å². The standard InChI is InChI=1S/C30H39ClF3N3O4S/c1-36(2)29(23-10-12-25(31)13-11-23)22-8-6-21(7-9-22)14-16-35-28(38)20-41-26-15-17-37(19-26)42(39,40)27-5-3-4-24(18-27)30(32,33)34/h3-5,10-13,18,21-22,26,29H,6-9,14-17,19-20H2,1-2H3,(H,35,38). The summed E-state index contributed by atoms with van der Waals surface area (Å²) in [5.41, 5.74) is 0.259. The van der Waals surface area contributed by atoms with Crippen LogP contribution in [0.4, 0.5) is 13.2 Å². The van der Waals surface area contributed by atoms with Crippen LogP contribution in [0.3, 0.4) is 0 Å². The third-order valence-corrected chi connectivity index (χ3v) is 10.5. The van der Waals surface area contributed by atoms with E-state index in [0.717, 1.165) is 59.6 Å². The molecule has 0 aromatic heterocycles. The summed E-state index contributed by atoms with van der Waals surface area (Å²) in [4.78, 5) is 14.2. The summed E-state index contributed by atoms with van der Waals surface area (Å²) in [7, 11) is 0.118. The largest absolute Gasteiger partial charge is 0.416 e. The molecule has 1 aliphatic heterocycles. The number of carbonyl (C=O) groups is 1. The summed E-state index contributed by atoms with van der Waals surface area (Å²) in [6, 6.07) is 12.1. The number of benzene rings is 2. The van der Waals surface area contributed by atoms with Crippen LogP contribution in [0.2, 0.25) is 5.02 Å². The highest BCUT2D eigenvalue weighted by atomic mass is 35.5. The molecule has 0 radical (unpaired) electrons. The fourth-order valence-electron chi connectivity index (χ4n) is 6.14. The van der Waals surface area contributed by atoms with E-state index < -0.39 is 32.8 Å². The first-order valence-electron chi connectivity index (χ1n) is 14.3. The number of ether oxygens (including phenoxy) is 1. The number of amides is 1. The van der Waals surface area contributed by atoms with E-state index in [2.05, 4.69) is 36.4 Å². The molecule has 4 rings (SSSR count). The summed E-state index contributed by atoms with van der Waals surface area (Å²) in [5.74, 6) is 0.835. The van der Waals surface area contributed by atoms with Gasteiger partial charge < -0.3 is 15.0 Å². The van der Waals surface area contributed by atoms with Gasteiger partial charge in [0.2, 0.25) is 15.9 Å². The molecule has 1 amide bonds. The molecule has 12 heteroatoms. The van der Waals surface area contributed by atoms with Crippen molar-refractivity contribution in [3.05, 3.63) is 64.7 Å². The topological polar surface area (TPSA) is 79.0 Å². The second kappa shape index (κ2) is 14.1. The Bertz CT molecular complexity index is 1300. The fraction of sp³-hybridized carbons (Fsp3) is 0.567.